The molecule has 1 N–H and O–H groups in total. The van der Waals surface area contributed by atoms with Gasteiger partial charge in [-0.25, -0.2) is 4.98 Å². The fourth-order valence-corrected chi connectivity index (χ4v) is 2.62. The number of carbonyl (C=O) groups excluding carboxylic acids is 1. The molecular formula is C17H16ClN3O2. The summed E-state index contributed by atoms with van der Waals surface area (Å²) in [6.07, 6.45) is 1.88. The lowest BCUT2D eigenvalue weighted by atomic mass is 10.2. The molecule has 2 aromatic heterocycles. The molecule has 2 heterocycles. The first-order valence-corrected chi connectivity index (χ1v) is 7.48. The van der Waals surface area contributed by atoms with Crippen LogP contribution >= 0.6 is 11.6 Å². The average molecular weight is 330 g/mol. The Hall–Kier alpha value is -2.53. The molecule has 118 valence electrons. The zero-order chi connectivity index (χ0) is 16.6. The number of methoxy groups -OCH3 is 1. The molecule has 0 atom stereocenters. The highest BCUT2D eigenvalue weighted by molar-refractivity contribution is 6.31. The van der Waals surface area contributed by atoms with E-state index >= 15 is 0 Å². The molecule has 0 saturated carbocycles. The van der Waals surface area contributed by atoms with Crippen molar-refractivity contribution in [3.63, 3.8) is 0 Å². The van der Waals surface area contributed by atoms with Crippen molar-refractivity contribution in [3.8, 4) is 5.75 Å². The Morgan fingerprint density at radius 2 is 2.09 bits per heavy atom. The molecule has 1 amide bonds. The first kappa shape index (κ1) is 15.4. The molecule has 3 rings (SSSR count). The van der Waals surface area contributed by atoms with Crippen molar-refractivity contribution in [3.05, 3.63) is 58.6 Å². The van der Waals surface area contributed by atoms with Crippen LogP contribution in [0.4, 0.5) is 5.69 Å². The molecule has 1 aromatic carbocycles. The van der Waals surface area contributed by atoms with Crippen LogP contribution in [0.2, 0.25) is 5.02 Å². The van der Waals surface area contributed by atoms with Crippen molar-refractivity contribution in [1.29, 1.82) is 0 Å². The summed E-state index contributed by atoms with van der Waals surface area (Å²) in [7, 11) is 1.53. The maximum absolute atomic E-state index is 12.6. The van der Waals surface area contributed by atoms with Crippen LogP contribution in [0.15, 0.2) is 36.5 Å². The van der Waals surface area contributed by atoms with Crippen LogP contribution in [-0.4, -0.2) is 22.4 Å². The summed E-state index contributed by atoms with van der Waals surface area (Å²) in [6.45, 7) is 3.73. The van der Waals surface area contributed by atoms with Gasteiger partial charge in [-0.05, 0) is 37.6 Å². The second kappa shape index (κ2) is 5.93. The number of aromatic nitrogens is 2. The van der Waals surface area contributed by atoms with Gasteiger partial charge in [0, 0.05) is 17.3 Å². The van der Waals surface area contributed by atoms with E-state index in [2.05, 4.69) is 10.3 Å². The Bertz CT molecular complexity index is 902. The molecular weight excluding hydrogens is 314 g/mol. The molecule has 0 fully saturated rings. The quantitative estimate of drug-likeness (QED) is 0.793. The van der Waals surface area contributed by atoms with E-state index in [9.17, 15) is 4.79 Å². The van der Waals surface area contributed by atoms with Crippen LogP contribution < -0.4 is 10.1 Å². The first-order chi connectivity index (χ1) is 11.0. The van der Waals surface area contributed by atoms with Crippen LogP contribution in [0, 0.1) is 13.8 Å². The fraction of sp³-hybridized carbons (Fsp3) is 0.176. The van der Waals surface area contributed by atoms with E-state index < -0.39 is 0 Å². The van der Waals surface area contributed by atoms with E-state index in [0.717, 1.165) is 16.9 Å². The average Bonchev–Trinajstić information content (AvgIpc) is 2.88. The minimum atomic E-state index is -0.290. The number of amides is 1. The monoisotopic (exact) mass is 329 g/mol. The molecule has 6 heteroatoms. The van der Waals surface area contributed by atoms with Gasteiger partial charge in [-0.2, -0.15) is 0 Å². The molecule has 0 saturated heterocycles. The first-order valence-electron chi connectivity index (χ1n) is 7.10. The number of nitrogens with zero attached hydrogens (tertiary/aromatic N) is 2. The smallest absolute Gasteiger partial charge is 0.276 e. The number of benzene rings is 1. The predicted octanol–water partition coefficient (Wildman–Crippen LogP) is 3.87. The van der Waals surface area contributed by atoms with Gasteiger partial charge in [0.1, 0.15) is 11.6 Å². The number of anilines is 1. The minimum absolute atomic E-state index is 0.290. The summed E-state index contributed by atoms with van der Waals surface area (Å²) in [5.74, 6) is 0.973. The Labute approximate surface area is 138 Å². The summed E-state index contributed by atoms with van der Waals surface area (Å²) >= 11 is 6.09. The third-order valence-corrected chi connectivity index (χ3v) is 4.08. The number of carbonyl (C=O) groups is 1. The van der Waals surface area contributed by atoms with Crippen molar-refractivity contribution < 1.29 is 9.53 Å². The van der Waals surface area contributed by atoms with E-state index in [4.69, 9.17) is 16.3 Å². The van der Waals surface area contributed by atoms with E-state index in [1.807, 2.05) is 42.6 Å². The molecule has 0 bridgehead atoms. The second-order valence-corrected chi connectivity index (χ2v) is 5.63. The SMILES string of the molecule is COc1cc(Cl)c(C)cc1NC(=O)c1nc(C)n2ccccc12. The Balaban J connectivity index is 2.00. The summed E-state index contributed by atoms with van der Waals surface area (Å²) < 4.78 is 7.16. The van der Waals surface area contributed by atoms with Gasteiger partial charge in [0.25, 0.3) is 5.91 Å². The van der Waals surface area contributed by atoms with Crippen LogP contribution in [0.5, 0.6) is 5.75 Å². The maximum Gasteiger partial charge on any atom is 0.276 e. The zero-order valence-corrected chi connectivity index (χ0v) is 13.8. The van der Waals surface area contributed by atoms with Crippen molar-refractivity contribution in [2.24, 2.45) is 0 Å². The number of rotatable bonds is 3. The van der Waals surface area contributed by atoms with Gasteiger partial charge in [-0.15, -0.1) is 0 Å². The van der Waals surface area contributed by atoms with E-state index in [1.165, 1.54) is 7.11 Å². The number of imidazole rings is 1. The van der Waals surface area contributed by atoms with Crippen molar-refractivity contribution >= 4 is 28.7 Å². The number of pyridine rings is 1. The Morgan fingerprint density at radius 1 is 1.30 bits per heavy atom. The van der Waals surface area contributed by atoms with Crippen molar-refractivity contribution in [2.75, 3.05) is 12.4 Å². The lowest BCUT2D eigenvalue weighted by Crippen LogP contribution is -2.14. The standard InChI is InChI=1S/C17H16ClN3O2/c1-10-8-13(15(23-3)9-12(10)18)20-17(22)16-14-6-4-5-7-21(14)11(2)19-16/h4-9H,1-3H3,(H,20,22). The van der Waals surface area contributed by atoms with Gasteiger partial charge in [0.05, 0.1) is 18.3 Å². The zero-order valence-electron chi connectivity index (χ0n) is 13.1. The highest BCUT2D eigenvalue weighted by Crippen LogP contribution is 2.31. The largest absolute Gasteiger partial charge is 0.495 e. The molecule has 0 aliphatic heterocycles. The number of ether oxygens (including phenoxy) is 1. The number of fused-ring (bicyclic) bond motifs is 1. The lowest BCUT2D eigenvalue weighted by Gasteiger charge is -2.11. The highest BCUT2D eigenvalue weighted by atomic mass is 35.5. The molecule has 5 nitrogen and oxygen atoms in total. The summed E-state index contributed by atoms with van der Waals surface area (Å²) in [4.78, 5) is 17.0. The molecule has 0 radical (unpaired) electrons. The van der Waals surface area contributed by atoms with Gasteiger partial charge < -0.3 is 14.5 Å². The summed E-state index contributed by atoms with van der Waals surface area (Å²) in [5.41, 5.74) is 2.55. The molecule has 0 aliphatic rings. The van der Waals surface area contributed by atoms with Crippen LogP contribution in [0.1, 0.15) is 21.9 Å². The van der Waals surface area contributed by atoms with Gasteiger partial charge in [0.2, 0.25) is 0 Å². The third-order valence-electron chi connectivity index (χ3n) is 3.67. The Morgan fingerprint density at radius 3 is 2.83 bits per heavy atom. The molecule has 0 spiro atoms. The Kier molecular flexibility index (Phi) is 3.96. The summed E-state index contributed by atoms with van der Waals surface area (Å²) in [5, 5.41) is 3.44. The maximum atomic E-state index is 12.6. The normalized spacial score (nSPS) is 10.8. The minimum Gasteiger partial charge on any atom is -0.495 e. The molecule has 23 heavy (non-hydrogen) atoms. The van der Waals surface area contributed by atoms with E-state index in [-0.39, 0.29) is 5.91 Å². The molecule has 0 aliphatic carbocycles. The topological polar surface area (TPSA) is 55.6 Å². The number of nitrogens with one attached hydrogen (secondary N) is 1. The van der Waals surface area contributed by atoms with Gasteiger partial charge in [0.15, 0.2) is 5.69 Å². The van der Waals surface area contributed by atoms with Crippen LogP contribution in [0.3, 0.4) is 0 Å². The number of hydrogen-bond donors (Lipinski definition) is 1. The van der Waals surface area contributed by atoms with E-state index in [1.54, 1.807) is 12.1 Å². The van der Waals surface area contributed by atoms with Crippen LogP contribution in [0.25, 0.3) is 5.52 Å². The highest BCUT2D eigenvalue weighted by Gasteiger charge is 2.17. The van der Waals surface area contributed by atoms with Gasteiger partial charge in [-0.1, -0.05) is 17.7 Å². The number of aryl methyl sites for hydroxylation is 2. The number of hydrogen-bond acceptors (Lipinski definition) is 3. The van der Waals surface area contributed by atoms with Crippen molar-refractivity contribution in [2.45, 2.75) is 13.8 Å². The summed E-state index contributed by atoms with van der Waals surface area (Å²) in [6, 6.07) is 9.10. The van der Waals surface area contributed by atoms with Crippen LogP contribution in [-0.2, 0) is 0 Å². The third kappa shape index (κ3) is 2.75. The molecule has 0 unspecified atom stereocenters. The fourth-order valence-electron chi connectivity index (χ4n) is 2.47. The number of halogens is 1. The van der Waals surface area contributed by atoms with E-state index in [0.29, 0.717) is 22.2 Å². The predicted molar refractivity (Wildman–Crippen MR) is 90.6 cm³/mol. The lowest BCUT2D eigenvalue weighted by molar-refractivity contribution is 0.102. The van der Waals surface area contributed by atoms with Gasteiger partial charge in [-0.3, -0.25) is 4.79 Å². The van der Waals surface area contributed by atoms with Gasteiger partial charge >= 0.3 is 0 Å². The molecule has 3 aromatic rings. The second-order valence-electron chi connectivity index (χ2n) is 5.22. The van der Waals surface area contributed by atoms with Crippen molar-refractivity contribution in [1.82, 2.24) is 9.38 Å².